The van der Waals surface area contributed by atoms with E-state index in [1.165, 1.54) is 4.68 Å². The Bertz CT molecular complexity index is 1510. The molecule has 2 aromatic carbocycles. The summed E-state index contributed by atoms with van der Waals surface area (Å²) in [7, 11) is 0. The summed E-state index contributed by atoms with van der Waals surface area (Å²) in [6, 6.07) is 10.3. The molecule has 2 aromatic heterocycles. The van der Waals surface area contributed by atoms with Crippen LogP contribution in [-0.4, -0.2) is 50.0 Å². The van der Waals surface area contributed by atoms with Gasteiger partial charge in [0.05, 0.1) is 28.4 Å². The second kappa shape index (κ2) is 11.8. The summed E-state index contributed by atoms with van der Waals surface area (Å²) in [6.45, 7) is 5.94. The summed E-state index contributed by atoms with van der Waals surface area (Å²) < 4.78 is 1.49. The van der Waals surface area contributed by atoms with E-state index in [2.05, 4.69) is 20.7 Å². The first-order chi connectivity index (χ1) is 18.0. The van der Waals surface area contributed by atoms with Crippen LogP contribution in [0.1, 0.15) is 43.8 Å². The molecule has 1 unspecified atom stereocenters. The molecule has 0 saturated carbocycles. The van der Waals surface area contributed by atoms with Crippen LogP contribution in [0.4, 0.5) is 5.69 Å². The predicted molar refractivity (Wildman–Crippen MR) is 151 cm³/mol. The zero-order valence-corrected chi connectivity index (χ0v) is 23.2. The SMILES string of the molecule is CC(O)CNCC(=O)Nc1ccc(Cc2nc3c(c(C(C)C)nn3-c3c(Cl)cc(Cl)cc3Cl)c(=O)[nH]2)cc1. The minimum Gasteiger partial charge on any atom is -0.392 e. The van der Waals surface area contributed by atoms with Gasteiger partial charge < -0.3 is 20.7 Å². The molecule has 38 heavy (non-hydrogen) atoms. The van der Waals surface area contributed by atoms with Gasteiger partial charge in [-0.05, 0) is 42.7 Å². The third-order valence-electron chi connectivity index (χ3n) is 5.69. The first-order valence-electron chi connectivity index (χ1n) is 12.0. The van der Waals surface area contributed by atoms with Crippen LogP contribution in [0, 0.1) is 0 Å². The largest absolute Gasteiger partial charge is 0.392 e. The van der Waals surface area contributed by atoms with Gasteiger partial charge in [0.25, 0.3) is 5.56 Å². The van der Waals surface area contributed by atoms with E-state index in [9.17, 15) is 14.7 Å². The highest BCUT2D eigenvalue weighted by Crippen LogP contribution is 2.34. The number of benzene rings is 2. The summed E-state index contributed by atoms with van der Waals surface area (Å²) in [4.78, 5) is 32.8. The van der Waals surface area contributed by atoms with Crippen LogP contribution in [0.5, 0.6) is 0 Å². The number of carbonyl (C=O) groups excluding carboxylic acids is 1. The van der Waals surface area contributed by atoms with Gasteiger partial charge in [0.1, 0.15) is 16.9 Å². The number of aromatic amines is 1. The Morgan fingerprint density at radius 3 is 2.37 bits per heavy atom. The second-order valence-electron chi connectivity index (χ2n) is 9.28. The quantitative estimate of drug-likeness (QED) is 0.229. The van der Waals surface area contributed by atoms with Crippen molar-refractivity contribution in [1.82, 2.24) is 25.1 Å². The molecule has 200 valence electrons. The number of nitrogens with zero attached hydrogens (tertiary/aromatic N) is 3. The van der Waals surface area contributed by atoms with Crippen LogP contribution in [0.15, 0.2) is 41.2 Å². The summed E-state index contributed by atoms with van der Waals surface area (Å²) in [5.74, 6) is 0.158. The number of carbonyl (C=O) groups is 1. The number of amides is 1. The monoisotopic (exact) mass is 576 g/mol. The van der Waals surface area contributed by atoms with Crippen molar-refractivity contribution in [2.75, 3.05) is 18.4 Å². The van der Waals surface area contributed by atoms with Gasteiger partial charge in [-0.15, -0.1) is 0 Å². The minimum absolute atomic E-state index is 0.0534. The lowest BCUT2D eigenvalue weighted by molar-refractivity contribution is -0.115. The lowest BCUT2D eigenvalue weighted by atomic mass is 10.1. The van der Waals surface area contributed by atoms with Gasteiger partial charge in [0.2, 0.25) is 5.91 Å². The number of hydrogen-bond acceptors (Lipinski definition) is 6. The zero-order chi connectivity index (χ0) is 27.6. The average molecular weight is 578 g/mol. The number of fused-ring (bicyclic) bond motifs is 1. The van der Waals surface area contributed by atoms with E-state index in [0.29, 0.717) is 51.9 Å². The fourth-order valence-electron chi connectivity index (χ4n) is 3.98. The first-order valence-corrected chi connectivity index (χ1v) is 13.1. The molecule has 2 heterocycles. The van der Waals surface area contributed by atoms with Gasteiger partial charge in [-0.25, -0.2) is 9.67 Å². The molecule has 0 saturated heterocycles. The smallest absolute Gasteiger partial charge is 0.262 e. The van der Waals surface area contributed by atoms with Crippen LogP contribution in [0.3, 0.4) is 0 Å². The van der Waals surface area contributed by atoms with Crippen molar-refractivity contribution >= 4 is 57.4 Å². The minimum atomic E-state index is -0.530. The van der Waals surface area contributed by atoms with Crippen molar-refractivity contribution in [3.63, 3.8) is 0 Å². The molecule has 4 N–H and O–H groups in total. The van der Waals surface area contributed by atoms with Crippen LogP contribution in [-0.2, 0) is 11.2 Å². The average Bonchev–Trinajstić information content (AvgIpc) is 3.19. The van der Waals surface area contributed by atoms with Crippen LogP contribution in [0.25, 0.3) is 16.7 Å². The highest BCUT2D eigenvalue weighted by Gasteiger charge is 2.23. The van der Waals surface area contributed by atoms with Crippen LogP contribution < -0.4 is 16.2 Å². The van der Waals surface area contributed by atoms with Crippen LogP contribution >= 0.6 is 34.8 Å². The van der Waals surface area contributed by atoms with E-state index in [-0.39, 0.29) is 34.0 Å². The van der Waals surface area contributed by atoms with E-state index >= 15 is 0 Å². The van der Waals surface area contributed by atoms with E-state index in [1.807, 2.05) is 26.0 Å². The van der Waals surface area contributed by atoms with Crippen molar-refractivity contribution in [2.24, 2.45) is 0 Å². The summed E-state index contributed by atoms with van der Waals surface area (Å²) in [5.41, 5.74) is 2.49. The Labute approximate surface area is 234 Å². The molecule has 4 rings (SSSR count). The number of hydrogen-bond donors (Lipinski definition) is 4. The number of rotatable bonds is 9. The van der Waals surface area contributed by atoms with Crippen molar-refractivity contribution in [3.05, 3.63) is 78.9 Å². The number of anilines is 1. The second-order valence-corrected chi connectivity index (χ2v) is 10.5. The molecule has 0 radical (unpaired) electrons. The number of aromatic nitrogens is 4. The third-order valence-corrected chi connectivity index (χ3v) is 6.48. The van der Waals surface area contributed by atoms with Gasteiger partial charge in [-0.1, -0.05) is 60.8 Å². The lowest BCUT2D eigenvalue weighted by Gasteiger charge is -2.10. The molecule has 1 atom stereocenters. The van der Waals surface area contributed by atoms with E-state index in [1.54, 1.807) is 31.2 Å². The Morgan fingerprint density at radius 1 is 1.11 bits per heavy atom. The number of halogens is 3. The van der Waals surface area contributed by atoms with Gasteiger partial charge in [-0.3, -0.25) is 9.59 Å². The van der Waals surface area contributed by atoms with Gasteiger partial charge >= 0.3 is 0 Å². The summed E-state index contributed by atoms with van der Waals surface area (Å²) in [5, 5.41) is 20.9. The highest BCUT2D eigenvalue weighted by molar-refractivity contribution is 6.40. The topological polar surface area (TPSA) is 125 Å². The van der Waals surface area contributed by atoms with Crippen molar-refractivity contribution in [3.8, 4) is 5.69 Å². The van der Waals surface area contributed by atoms with Gasteiger partial charge in [0.15, 0.2) is 5.65 Å². The molecule has 0 aliphatic carbocycles. The Balaban J connectivity index is 1.63. The lowest BCUT2D eigenvalue weighted by Crippen LogP contribution is -2.32. The maximum atomic E-state index is 13.2. The molecule has 4 aromatic rings. The van der Waals surface area contributed by atoms with Crippen molar-refractivity contribution < 1.29 is 9.90 Å². The Hall–Kier alpha value is -2.95. The molecule has 1 amide bonds. The Morgan fingerprint density at radius 2 is 1.76 bits per heavy atom. The first kappa shape index (κ1) is 28.1. The zero-order valence-electron chi connectivity index (χ0n) is 21.0. The summed E-state index contributed by atoms with van der Waals surface area (Å²) in [6.07, 6.45) is -0.197. The van der Waals surface area contributed by atoms with Gasteiger partial charge in [0, 0.05) is 23.7 Å². The molecule has 0 fully saturated rings. The van der Waals surface area contributed by atoms with Crippen molar-refractivity contribution in [1.29, 1.82) is 0 Å². The molecular weight excluding hydrogens is 551 g/mol. The maximum Gasteiger partial charge on any atom is 0.262 e. The molecule has 0 bridgehead atoms. The van der Waals surface area contributed by atoms with Crippen molar-refractivity contribution in [2.45, 2.75) is 39.2 Å². The molecule has 0 aliphatic heterocycles. The standard InChI is InChI=1S/C26H27Cl3N6O3/c1-13(2)23-22-25(35(34-23)24-18(28)9-16(27)10-19(24)29)32-20(33-26(22)38)8-15-4-6-17(7-5-15)31-21(37)12-30-11-14(3)36/h4-7,9-10,13-14,30,36H,8,11-12H2,1-3H3,(H,31,37)(H,32,33,38). The number of H-pyrrole nitrogens is 1. The maximum absolute atomic E-state index is 13.2. The summed E-state index contributed by atoms with van der Waals surface area (Å²) >= 11 is 19.0. The molecule has 12 heteroatoms. The number of nitrogens with one attached hydrogen (secondary N) is 3. The fourth-order valence-corrected chi connectivity index (χ4v) is 4.95. The Kier molecular flexibility index (Phi) is 8.74. The normalized spacial score (nSPS) is 12.3. The highest BCUT2D eigenvalue weighted by atomic mass is 35.5. The fraction of sp³-hybridized carbons (Fsp3) is 0.308. The van der Waals surface area contributed by atoms with E-state index in [4.69, 9.17) is 39.8 Å². The molecule has 0 aliphatic rings. The van der Waals surface area contributed by atoms with Gasteiger partial charge in [-0.2, -0.15) is 5.10 Å². The number of aliphatic hydroxyl groups excluding tert-OH is 1. The van der Waals surface area contributed by atoms with Crippen LogP contribution in [0.2, 0.25) is 15.1 Å². The van der Waals surface area contributed by atoms with E-state index in [0.717, 1.165) is 5.56 Å². The van der Waals surface area contributed by atoms with E-state index < -0.39 is 6.10 Å². The predicted octanol–water partition coefficient (Wildman–Crippen LogP) is 4.69. The third kappa shape index (κ3) is 6.36. The molecular formula is C26H27Cl3N6O3. The molecule has 0 spiro atoms. The molecule has 9 nitrogen and oxygen atoms in total. The number of aliphatic hydroxyl groups is 1.